The van der Waals surface area contributed by atoms with Crippen LogP contribution in [0.25, 0.3) is 0 Å². The number of hydrogen-bond acceptors (Lipinski definition) is 2. The average molecular weight is 322 g/mol. The van der Waals surface area contributed by atoms with Gasteiger partial charge in [-0.1, -0.05) is 35.9 Å². The second kappa shape index (κ2) is 7.80. The number of likely N-dealkylation sites (N-methyl/N-ethyl adjacent to an activating group) is 1. The monoisotopic (exact) mass is 321 g/mol. The largest absolute Gasteiger partial charge is 0.482 e. The first kappa shape index (κ1) is 16.3. The molecule has 0 aliphatic rings. The first-order valence-electron chi connectivity index (χ1n) is 6.99. The zero-order valence-electron chi connectivity index (χ0n) is 12.3. The average Bonchev–Trinajstić information content (AvgIpc) is 2.51. The van der Waals surface area contributed by atoms with Gasteiger partial charge in [0, 0.05) is 13.1 Å². The Morgan fingerprint density at radius 3 is 2.68 bits per heavy atom. The maximum atomic E-state index is 13.2. The van der Waals surface area contributed by atoms with E-state index in [0.717, 1.165) is 5.56 Å². The van der Waals surface area contributed by atoms with Gasteiger partial charge in [-0.25, -0.2) is 4.39 Å². The van der Waals surface area contributed by atoms with Gasteiger partial charge in [-0.15, -0.1) is 0 Å². The lowest BCUT2D eigenvalue weighted by Gasteiger charge is -2.21. The molecular weight excluding hydrogens is 305 g/mol. The summed E-state index contributed by atoms with van der Waals surface area (Å²) in [5.41, 5.74) is 0.743. The summed E-state index contributed by atoms with van der Waals surface area (Å²) in [6, 6.07) is 13.2. The van der Waals surface area contributed by atoms with Crippen molar-refractivity contribution in [3.63, 3.8) is 0 Å². The Bertz CT molecular complexity index is 648. The van der Waals surface area contributed by atoms with Crippen LogP contribution in [0.2, 0.25) is 5.02 Å². The predicted octanol–water partition coefficient (Wildman–Crippen LogP) is 3.91. The van der Waals surface area contributed by atoms with Crippen molar-refractivity contribution >= 4 is 17.5 Å². The van der Waals surface area contributed by atoms with Gasteiger partial charge in [0.15, 0.2) is 6.61 Å². The van der Waals surface area contributed by atoms with Crippen LogP contribution in [0.4, 0.5) is 4.39 Å². The SMILES string of the molecule is CCN(Cc1cccc(F)c1)C(=O)COc1ccccc1Cl. The summed E-state index contributed by atoms with van der Waals surface area (Å²) in [4.78, 5) is 13.8. The van der Waals surface area contributed by atoms with Gasteiger partial charge in [0.05, 0.1) is 5.02 Å². The first-order chi connectivity index (χ1) is 10.6. The molecule has 0 N–H and O–H groups in total. The highest BCUT2D eigenvalue weighted by Gasteiger charge is 2.14. The topological polar surface area (TPSA) is 29.5 Å². The van der Waals surface area contributed by atoms with Gasteiger partial charge in [0.1, 0.15) is 11.6 Å². The lowest BCUT2D eigenvalue weighted by molar-refractivity contribution is -0.133. The molecule has 0 unspecified atom stereocenters. The molecule has 2 rings (SSSR count). The second-order valence-corrected chi connectivity index (χ2v) is 5.16. The molecule has 5 heteroatoms. The van der Waals surface area contributed by atoms with Crippen LogP contribution in [0.15, 0.2) is 48.5 Å². The first-order valence-corrected chi connectivity index (χ1v) is 7.37. The van der Waals surface area contributed by atoms with Crippen LogP contribution in [0.1, 0.15) is 12.5 Å². The molecule has 0 atom stereocenters. The third-order valence-corrected chi connectivity index (χ3v) is 3.50. The highest BCUT2D eigenvalue weighted by molar-refractivity contribution is 6.32. The summed E-state index contributed by atoms with van der Waals surface area (Å²) in [6.45, 7) is 2.62. The van der Waals surface area contributed by atoms with Crippen molar-refractivity contribution < 1.29 is 13.9 Å². The Labute approximate surface area is 134 Å². The Morgan fingerprint density at radius 2 is 2.00 bits per heavy atom. The molecule has 1 amide bonds. The van der Waals surface area contributed by atoms with E-state index in [9.17, 15) is 9.18 Å². The van der Waals surface area contributed by atoms with Crippen LogP contribution in [0.3, 0.4) is 0 Å². The zero-order valence-corrected chi connectivity index (χ0v) is 13.0. The van der Waals surface area contributed by atoms with E-state index in [1.54, 1.807) is 41.3 Å². The molecule has 22 heavy (non-hydrogen) atoms. The quantitative estimate of drug-likeness (QED) is 0.807. The minimum absolute atomic E-state index is 0.104. The molecule has 0 aromatic heterocycles. The van der Waals surface area contributed by atoms with Crippen LogP contribution in [0.5, 0.6) is 5.75 Å². The number of carbonyl (C=O) groups excluding carboxylic acids is 1. The van der Waals surface area contributed by atoms with Crippen molar-refractivity contribution in [2.24, 2.45) is 0 Å². The van der Waals surface area contributed by atoms with Gasteiger partial charge in [0.2, 0.25) is 0 Å². The third-order valence-electron chi connectivity index (χ3n) is 3.18. The Kier molecular flexibility index (Phi) is 5.78. The van der Waals surface area contributed by atoms with E-state index in [2.05, 4.69) is 0 Å². The fourth-order valence-corrected chi connectivity index (χ4v) is 2.21. The number of halogens is 2. The highest BCUT2D eigenvalue weighted by Crippen LogP contribution is 2.23. The smallest absolute Gasteiger partial charge is 0.260 e. The van der Waals surface area contributed by atoms with Crippen LogP contribution >= 0.6 is 11.6 Å². The van der Waals surface area contributed by atoms with E-state index in [-0.39, 0.29) is 18.3 Å². The molecule has 0 heterocycles. The van der Waals surface area contributed by atoms with Crippen molar-refractivity contribution in [1.82, 2.24) is 4.90 Å². The van der Waals surface area contributed by atoms with Gasteiger partial charge in [-0.3, -0.25) is 4.79 Å². The number of benzene rings is 2. The van der Waals surface area contributed by atoms with E-state index in [1.807, 2.05) is 6.92 Å². The zero-order chi connectivity index (χ0) is 15.9. The summed E-state index contributed by atoms with van der Waals surface area (Å²) in [5.74, 6) is -0.0145. The number of carbonyl (C=O) groups is 1. The summed E-state index contributed by atoms with van der Waals surface area (Å²) in [5, 5.41) is 0.462. The predicted molar refractivity (Wildman–Crippen MR) is 84.4 cm³/mol. The van der Waals surface area contributed by atoms with Crippen molar-refractivity contribution in [1.29, 1.82) is 0 Å². The van der Waals surface area contributed by atoms with E-state index in [4.69, 9.17) is 16.3 Å². The van der Waals surface area contributed by atoms with Crippen molar-refractivity contribution in [2.45, 2.75) is 13.5 Å². The van der Waals surface area contributed by atoms with Crippen molar-refractivity contribution in [3.05, 3.63) is 64.9 Å². The lowest BCUT2D eigenvalue weighted by Crippen LogP contribution is -2.34. The number of para-hydroxylation sites is 1. The molecule has 116 valence electrons. The van der Waals surface area contributed by atoms with Crippen LogP contribution in [0, 0.1) is 5.82 Å². The van der Waals surface area contributed by atoms with Crippen molar-refractivity contribution in [2.75, 3.05) is 13.2 Å². The molecule has 0 aliphatic carbocycles. The molecule has 0 saturated heterocycles. The standard InChI is InChI=1S/C17H17ClFNO2/c1-2-20(11-13-6-5-7-14(19)10-13)17(21)12-22-16-9-4-3-8-15(16)18/h3-10H,2,11-12H2,1H3. The minimum atomic E-state index is -0.312. The highest BCUT2D eigenvalue weighted by atomic mass is 35.5. The summed E-state index contributed by atoms with van der Waals surface area (Å²) in [6.07, 6.45) is 0. The molecule has 0 saturated carbocycles. The molecule has 0 aliphatic heterocycles. The fraction of sp³-hybridized carbons (Fsp3) is 0.235. The summed E-state index contributed by atoms with van der Waals surface area (Å²) >= 11 is 5.98. The lowest BCUT2D eigenvalue weighted by atomic mass is 10.2. The van der Waals surface area contributed by atoms with Crippen LogP contribution < -0.4 is 4.74 Å². The summed E-state index contributed by atoms with van der Waals surface area (Å²) < 4.78 is 18.6. The minimum Gasteiger partial charge on any atom is -0.482 e. The Balaban J connectivity index is 1.96. The maximum absolute atomic E-state index is 13.2. The molecule has 0 radical (unpaired) electrons. The Morgan fingerprint density at radius 1 is 1.23 bits per heavy atom. The maximum Gasteiger partial charge on any atom is 0.260 e. The Hall–Kier alpha value is -2.07. The normalized spacial score (nSPS) is 10.3. The molecule has 0 spiro atoms. The van der Waals surface area contributed by atoms with Gasteiger partial charge in [0.25, 0.3) is 5.91 Å². The molecule has 0 fully saturated rings. The third kappa shape index (κ3) is 4.46. The molecular formula is C17H17ClFNO2. The van der Waals surface area contributed by atoms with E-state index < -0.39 is 0 Å². The fourth-order valence-electron chi connectivity index (χ4n) is 2.02. The second-order valence-electron chi connectivity index (χ2n) is 4.76. The van der Waals surface area contributed by atoms with Crippen molar-refractivity contribution in [3.8, 4) is 5.75 Å². The van der Waals surface area contributed by atoms with Crippen LogP contribution in [-0.4, -0.2) is 24.0 Å². The van der Waals surface area contributed by atoms with E-state index >= 15 is 0 Å². The summed E-state index contributed by atoms with van der Waals surface area (Å²) in [7, 11) is 0. The number of nitrogens with zero attached hydrogens (tertiary/aromatic N) is 1. The number of hydrogen-bond donors (Lipinski definition) is 0. The van der Waals surface area contributed by atoms with Gasteiger partial charge >= 0.3 is 0 Å². The molecule has 2 aromatic carbocycles. The number of rotatable bonds is 6. The van der Waals surface area contributed by atoms with Gasteiger partial charge in [-0.2, -0.15) is 0 Å². The van der Waals surface area contributed by atoms with Crippen LogP contribution in [-0.2, 0) is 11.3 Å². The van der Waals surface area contributed by atoms with E-state index in [1.165, 1.54) is 12.1 Å². The van der Waals surface area contributed by atoms with Gasteiger partial charge < -0.3 is 9.64 Å². The number of ether oxygens (including phenoxy) is 1. The number of amides is 1. The molecule has 0 bridgehead atoms. The molecule has 3 nitrogen and oxygen atoms in total. The van der Waals surface area contributed by atoms with E-state index in [0.29, 0.717) is 23.9 Å². The molecule has 2 aromatic rings. The van der Waals surface area contributed by atoms with Gasteiger partial charge in [-0.05, 0) is 36.8 Å².